The summed E-state index contributed by atoms with van der Waals surface area (Å²) >= 11 is 0. The van der Waals surface area contributed by atoms with Crippen molar-refractivity contribution in [3.05, 3.63) is 0 Å². The number of rotatable bonds is 12. The van der Waals surface area contributed by atoms with E-state index in [1.165, 1.54) is 13.8 Å². The van der Waals surface area contributed by atoms with E-state index < -0.39 is 66.0 Å². The number of nitrogens with one attached hydrogen (secondary N) is 3. The lowest BCUT2D eigenvalue weighted by atomic mass is 9.96. The fourth-order valence-corrected chi connectivity index (χ4v) is 2.53. The highest BCUT2D eigenvalue weighted by Gasteiger charge is 2.35. The van der Waals surface area contributed by atoms with Crippen molar-refractivity contribution >= 4 is 23.7 Å². The Balaban J connectivity index is 5.51. The zero-order valence-electron chi connectivity index (χ0n) is 18.4. The number of hydrogen-bond donors (Lipinski definition) is 7. The number of aliphatic carboxylic acids is 1. The Morgan fingerprint density at radius 3 is 1.53 bits per heavy atom. The highest BCUT2D eigenvalue weighted by Crippen LogP contribution is 2.10. The van der Waals surface area contributed by atoms with E-state index in [0.29, 0.717) is 6.42 Å². The number of carbonyl (C=O) groups is 4. The summed E-state index contributed by atoms with van der Waals surface area (Å²) in [5.74, 6) is -4.28. The summed E-state index contributed by atoms with van der Waals surface area (Å²) in [6.07, 6.45) is -2.17. The van der Waals surface area contributed by atoms with Crippen LogP contribution in [0.2, 0.25) is 0 Å². The maximum absolute atomic E-state index is 12.7. The minimum absolute atomic E-state index is 0.199. The monoisotopic (exact) mass is 432 g/mol. The molecule has 0 radical (unpaired) electrons. The number of nitrogens with two attached hydrogens (primary N) is 1. The van der Waals surface area contributed by atoms with Crippen molar-refractivity contribution in [3.63, 3.8) is 0 Å². The molecule has 0 spiro atoms. The van der Waals surface area contributed by atoms with Gasteiger partial charge in [0.15, 0.2) is 6.04 Å². The molecule has 0 saturated carbocycles. The summed E-state index contributed by atoms with van der Waals surface area (Å²) in [4.78, 5) is 48.8. The molecule has 0 aliphatic carbocycles. The van der Waals surface area contributed by atoms with Crippen LogP contribution < -0.4 is 21.7 Å². The van der Waals surface area contributed by atoms with Gasteiger partial charge in [0.05, 0.1) is 18.2 Å². The number of carboxylic acid groups (broad SMARTS) is 1. The van der Waals surface area contributed by atoms with Gasteiger partial charge in [-0.25, -0.2) is 4.79 Å². The Hall–Kier alpha value is -2.24. The average molecular weight is 433 g/mol. The maximum Gasteiger partial charge on any atom is 0.328 e. The molecule has 0 aliphatic heterocycles. The standard InChI is InChI=1S/C19H36N4O7/c1-7-9(4)13(17(27)23-15(11(6)25)19(29)30)21-18(28)14(10(5)24)22-16(26)12(20)8(2)3/h8-15,24-25H,7,20H2,1-6H3,(H,21,28)(H,22,26)(H,23,27)(H,29,30). The number of amides is 3. The molecule has 0 aromatic heterocycles. The lowest BCUT2D eigenvalue weighted by Crippen LogP contribution is -2.61. The third-order valence-electron chi connectivity index (χ3n) is 4.92. The van der Waals surface area contributed by atoms with Gasteiger partial charge in [0.1, 0.15) is 12.1 Å². The summed E-state index contributed by atoms with van der Waals surface area (Å²) in [5.41, 5.74) is 5.77. The molecular weight excluding hydrogens is 396 g/mol. The molecule has 30 heavy (non-hydrogen) atoms. The van der Waals surface area contributed by atoms with Gasteiger partial charge in [-0.3, -0.25) is 14.4 Å². The molecule has 0 aromatic rings. The van der Waals surface area contributed by atoms with Gasteiger partial charge in [-0.1, -0.05) is 34.1 Å². The van der Waals surface area contributed by atoms with E-state index in [0.717, 1.165) is 0 Å². The van der Waals surface area contributed by atoms with Gasteiger partial charge < -0.3 is 37.0 Å². The molecule has 7 unspecified atom stereocenters. The number of aliphatic hydroxyl groups is 2. The molecule has 0 rings (SSSR count). The van der Waals surface area contributed by atoms with E-state index in [2.05, 4.69) is 16.0 Å². The van der Waals surface area contributed by atoms with Gasteiger partial charge >= 0.3 is 5.97 Å². The lowest BCUT2D eigenvalue weighted by molar-refractivity contribution is -0.145. The van der Waals surface area contributed by atoms with E-state index in [1.54, 1.807) is 27.7 Å². The molecule has 0 aliphatic rings. The van der Waals surface area contributed by atoms with Gasteiger partial charge in [-0.15, -0.1) is 0 Å². The van der Waals surface area contributed by atoms with E-state index in [4.69, 9.17) is 10.8 Å². The van der Waals surface area contributed by atoms with Gasteiger partial charge in [0.2, 0.25) is 17.7 Å². The first kappa shape index (κ1) is 27.8. The van der Waals surface area contributed by atoms with E-state index >= 15 is 0 Å². The first-order valence-corrected chi connectivity index (χ1v) is 10.00. The molecule has 11 nitrogen and oxygen atoms in total. The summed E-state index contributed by atoms with van der Waals surface area (Å²) < 4.78 is 0. The van der Waals surface area contributed by atoms with Crippen molar-refractivity contribution in [1.29, 1.82) is 0 Å². The predicted molar refractivity (Wildman–Crippen MR) is 109 cm³/mol. The molecule has 8 N–H and O–H groups in total. The molecule has 0 heterocycles. The van der Waals surface area contributed by atoms with E-state index in [9.17, 15) is 29.4 Å². The second kappa shape index (κ2) is 12.5. The molecule has 0 bridgehead atoms. The third kappa shape index (κ3) is 8.25. The Kier molecular flexibility index (Phi) is 11.5. The number of carboxylic acids is 1. The van der Waals surface area contributed by atoms with Crippen molar-refractivity contribution < 1.29 is 34.5 Å². The topological polar surface area (TPSA) is 191 Å². The number of aliphatic hydroxyl groups excluding tert-OH is 2. The summed E-state index contributed by atoms with van der Waals surface area (Å²) in [6, 6.07) is -4.97. The first-order chi connectivity index (χ1) is 13.7. The summed E-state index contributed by atoms with van der Waals surface area (Å²) in [5, 5.41) is 35.7. The van der Waals surface area contributed by atoms with E-state index in [1.807, 2.05) is 0 Å². The number of hydrogen-bond acceptors (Lipinski definition) is 7. The van der Waals surface area contributed by atoms with Crippen LogP contribution in [-0.2, 0) is 19.2 Å². The van der Waals surface area contributed by atoms with Crippen LogP contribution in [0.5, 0.6) is 0 Å². The number of carbonyl (C=O) groups excluding carboxylic acids is 3. The SMILES string of the molecule is CCC(C)C(NC(=O)C(NC(=O)C(N)C(C)C)C(C)O)C(=O)NC(C(=O)O)C(C)O. The minimum atomic E-state index is -1.56. The highest BCUT2D eigenvalue weighted by atomic mass is 16.4. The van der Waals surface area contributed by atoms with Crippen molar-refractivity contribution in [2.45, 2.75) is 84.3 Å². The fourth-order valence-electron chi connectivity index (χ4n) is 2.53. The van der Waals surface area contributed by atoms with Gasteiger partial charge in [0, 0.05) is 0 Å². The Morgan fingerprint density at radius 1 is 0.767 bits per heavy atom. The molecule has 0 aromatic carbocycles. The van der Waals surface area contributed by atoms with Crippen LogP contribution in [0.15, 0.2) is 0 Å². The molecule has 11 heteroatoms. The van der Waals surface area contributed by atoms with Gasteiger partial charge in [-0.05, 0) is 25.7 Å². The second-order valence-electron chi connectivity index (χ2n) is 7.93. The van der Waals surface area contributed by atoms with Gasteiger partial charge in [0.25, 0.3) is 0 Å². The minimum Gasteiger partial charge on any atom is -0.480 e. The second-order valence-corrected chi connectivity index (χ2v) is 7.93. The van der Waals surface area contributed by atoms with Crippen LogP contribution >= 0.6 is 0 Å². The fraction of sp³-hybridized carbons (Fsp3) is 0.789. The molecule has 7 atom stereocenters. The molecule has 0 fully saturated rings. The maximum atomic E-state index is 12.7. The van der Waals surface area contributed by atoms with Crippen LogP contribution in [0.3, 0.4) is 0 Å². The summed E-state index contributed by atoms with van der Waals surface area (Å²) in [6.45, 7) is 9.42. The van der Waals surface area contributed by atoms with Crippen molar-refractivity contribution in [1.82, 2.24) is 16.0 Å². The molecule has 3 amide bonds. The van der Waals surface area contributed by atoms with Crippen LogP contribution in [0, 0.1) is 11.8 Å². The smallest absolute Gasteiger partial charge is 0.328 e. The first-order valence-electron chi connectivity index (χ1n) is 10.00. The molecule has 174 valence electrons. The predicted octanol–water partition coefficient (Wildman–Crippen LogP) is -1.68. The zero-order chi connectivity index (χ0) is 23.8. The lowest BCUT2D eigenvalue weighted by Gasteiger charge is -2.29. The quantitative estimate of drug-likeness (QED) is 0.190. The van der Waals surface area contributed by atoms with Crippen molar-refractivity contribution in [3.8, 4) is 0 Å². The van der Waals surface area contributed by atoms with Crippen LogP contribution in [0.4, 0.5) is 0 Å². The molecular formula is C19H36N4O7. The van der Waals surface area contributed by atoms with Crippen molar-refractivity contribution in [2.75, 3.05) is 0 Å². The summed E-state index contributed by atoms with van der Waals surface area (Å²) in [7, 11) is 0. The largest absolute Gasteiger partial charge is 0.480 e. The normalized spacial score (nSPS) is 18.3. The van der Waals surface area contributed by atoms with Gasteiger partial charge in [-0.2, -0.15) is 0 Å². The Bertz CT molecular complexity index is 610. The van der Waals surface area contributed by atoms with Crippen molar-refractivity contribution in [2.24, 2.45) is 17.6 Å². The van der Waals surface area contributed by atoms with Crippen LogP contribution in [0.25, 0.3) is 0 Å². The average Bonchev–Trinajstić information content (AvgIpc) is 2.65. The van der Waals surface area contributed by atoms with Crippen LogP contribution in [-0.4, -0.2) is 75.4 Å². The molecule has 0 saturated heterocycles. The third-order valence-corrected chi connectivity index (χ3v) is 4.92. The highest BCUT2D eigenvalue weighted by molar-refractivity contribution is 5.94. The Labute approximate surface area is 176 Å². The van der Waals surface area contributed by atoms with Crippen LogP contribution in [0.1, 0.15) is 48.0 Å². The Morgan fingerprint density at radius 2 is 1.17 bits per heavy atom. The zero-order valence-corrected chi connectivity index (χ0v) is 18.4. The van der Waals surface area contributed by atoms with E-state index in [-0.39, 0.29) is 5.92 Å².